The average molecular weight is 904 g/mol. The van der Waals surface area contributed by atoms with Crippen LogP contribution in [0.15, 0.2) is 71.5 Å². The summed E-state index contributed by atoms with van der Waals surface area (Å²) in [4.78, 5) is 33.8. The number of nitrogens with one attached hydrogen (secondary N) is 4. The van der Waals surface area contributed by atoms with Crippen LogP contribution in [-0.4, -0.2) is 44.4 Å². The fraction of sp³-hybridized carbons (Fsp3) is 0.244. The molecular formula is C41H31Cl2F7N8O2S. The molecule has 1 saturated carbocycles. The van der Waals surface area contributed by atoms with E-state index in [1.165, 1.54) is 43.4 Å². The Morgan fingerprint density at radius 3 is 2.36 bits per heavy atom. The van der Waals surface area contributed by atoms with Gasteiger partial charge in [-0.05, 0) is 77.6 Å². The standard InChI is InChI=1S/C41H31Cl2F7N8O2S/c1-52-34-30(8-7-26(43)33(34)38(51)56-61-2)58-39(54-28-13-19(3-5-22(28)40(58)60)18-4-6-25(42)27(46)12-18)29(11-17-9-20(44)14-21(45)10-17)53-31(59)16-57-36-32(35(55-57)37(47)48)23-15-24(23)41(36,49)50/h3-10,12-14,23-24,29,37,52H,11,15-16H2,1-2H3,(H2,51,56)(H,53,59). The van der Waals surface area contributed by atoms with E-state index < -0.39 is 83.5 Å². The predicted molar refractivity (Wildman–Crippen MR) is 219 cm³/mol. The predicted octanol–water partition coefficient (Wildman–Crippen LogP) is 9.45. The van der Waals surface area contributed by atoms with Gasteiger partial charge in [0.15, 0.2) is 0 Å². The minimum Gasteiger partial charge on any atom is -0.386 e. The molecule has 6 aromatic rings. The van der Waals surface area contributed by atoms with Crippen molar-refractivity contribution in [2.45, 2.75) is 43.7 Å². The Morgan fingerprint density at radius 1 is 1.00 bits per heavy atom. The van der Waals surface area contributed by atoms with Crippen LogP contribution in [-0.2, 0) is 23.7 Å². The fourth-order valence-electron chi connectivity index (χ4n) is 8.05. The van der Waals surface area contributed by atoms with Crippen molar-refractivity contribution in [3.05, 3.63) is 138 Å². The maximum Gasteiger partial charge on any atom is 0.293 e. The van der Waals surface area contributed by atoms with Crippen molar-refractivity contribution in [1.82, 2.24) is 29.4 Å². The van der Waals surface area contributed by atoms with Gasteiger partial charge in [0.1, 0.15) is 47.0 Å². The molecular weight excluding hydrogens is 872 g/mol. The number of benzene rings is 4. The van der Waals surface area contributed by atoms with E-state index in [2.05, 4.69) is 20.5 Å². The molecule has 0 saturated heterocycles. The van der Waals surface area contributed by atoms with Crippen LogP contribution in [0.2, 0.25) is 10.0 Å². The molecule has 8 rings (SSSR count). The number of fused-ring (bicyclic) bond motifs is 4. The minimum atomic E-state index is -3.54. The van der Waals surface area contributed by atoms with E-state index in [0.29, 0.717) is 21.9 Å². The number of halogens is 9. The Morgan fingerprint density at radius 2 is 1.69 bits per heavy atom. The lowest BCUT2D eigenvalue weighted by Crippen LogP contribution is -2.38. The van der Waals surface area contributed by atoms with Crippen LogP contribution >= 0.6 is 35.1 Å². The number of hydrogen-bond acceptors (Lipinski definition) is 7. The molecule has 61 heavy (non-hydrogen) atoms. The van der Waals surface area contributed by atoms with E-state index in [1.54, 1.807) is 18.4 Å². The summed E-state index contributed by atoms with van der Waals surface area (Å²) in [5.74, 6) is -9.70. The van der Waals surface area contributed by atoms with Crippen LogP contribution < -0.4 is 20.9 Å². The minimum absolute atomic E-state index is 0.00243. The highest BCUT2D eigenvalue weighted by atomic mass is 35.5. The summed E-state index contributed by atoms with van der Waals surface area (Å²) in [5.41, 5.74) is -1.58. The molecule has 0 bridgehead atoms. The summed E-state index contributed by atoms with van der Waals surface area (Å²) in [7, 11) is 1.51. The number of nitrogens with zero attached hydrogens (tertiary/aromatic N) is 4. The van der Waals surface area contributed by atoms with E-state index in [0.717, 1.165) is 28.6 Å². The molecule has 0 radical (unpaired) electrons. The normalized spacial score (nSPS) is 16.7. The molecule has 2 aromatic heterocycles. The molecule has 1 fully saturated rings. The third-order valence-electron chi connectivity index (χ3n) is 10.7. The number of carbonyl (C=O) groups is 1. The lowest BCUT2D eigenvalue weighted by Gasteiger charge is -2.25. The van der Waals surface area contributed by atoms with Gasteiger partial charge < -0.3 is 15.4 Å². The van der Waals surface area contributed by atoms with E-state index in [9.17, 15) is 31.5 Å². The quantitative estimate of drug-likeness (QED) is 0.0417. The Balaban J connectivity index is 1.34. The van der Waals surface area contributed by atoms with Gasteiger partial charge in [-0.1, -0.05) is 47.3 Å². The topological polar surface area (TPSA) is 130 Å². The second-order valence-electron chi connectivity index (χ2n) is 14.5. The SMILES string of the molecule is CNc1c(-n2c(C(Cc3cc(F)cc(F)c3)NC(=O)Cn3nc(C(F)F)c4c3C(F)(F)C3CC43)nc3cc(-c4ccc(Cl)c(F)c4)ccc3c2=O)ccc(Cl)c1C(=N)NSC. The molecule has 0 aliphatic heterocycles. The molecule has 2 aliphatic rings. The monoisotopic (exact) mass is 902 g/mol. The van der Waals surface area contributed by atoms with E-state index in [1.807, 2.05) is 0 Å². The van der Waals surface area contributed by atoms with Gasteiger partial charge >= 0.3 is 0 Å². The zero-order valence-electron chi connectivity index (χ0n) is 31.7. The second-order valence-corrected chi connectivity index (χ2v) is 15.9. The largest absolute Gasteiger partial charge is 0.386 e. The van der Waals surface area contributed by atoms with Gasteiger partial charge in [0.2, 0.25) is 5.91 Å². The van der Waals surface area contributed by atoms with Gasteiger partial charge in [0, 0.05) is 37.3 Å². The number of rotatable bonds is 12. The lowest BCUT2D eigenvalue weighted by atomic mass is 10.0. The number of amides is 1. The highest BCUT2D eigenvalue weighted by Gasteiger charge is 2.67. The fourth-order valence-corrected chi connectivity index (χ4v) is 8.73. The van der Waals surface area contributed by atoms with Gasteiger partial charge in [-0.25, -0.2) is 26.9 Å². The molecule has 1 amide bonds. The number of alkyl halides is 4. The highest BCUT2D eigenvalue weighted by molar-refractivity contribution is 7.97. The first kappa shape index (κ1) is 42.1. The average Bonchev–Trinajstić information content (AvgIpc) is 3.86. The first-order chi connectivity index (χ1) is 29.0. The summed E-state index contributed by atoms with van der Waals surface area (Å²) in [6.45, 7) is -0.980. The summed E-state index contributed by atoms with van der Waals surface area (Å²) >= 11 is 13.6. The Bertz CT molecular complexity index is 2840. The van der Waals surface area contributed by atoms with E-state index >= 15 is 8.78 Å². The van der Waals surface area contributed by atoms with Gasteiger partial charge in [-0.2, -0.15) is 13.9 Å². The molecule has 4 N–H and O–H groups in total. The summed E-state index contributed by atoms with van der Waals surface area (Å²) in [6, 6.07) is 12.5. The van der Waals surface area contributed by atoms with Crippen LogP contribution in [0.4, 0.5) is 36.4 Å². The van der Waals surface area contributed by atoms with Crippen molar-refractivity contribution in [1.29, 1.82) is 5.41 Å². The molecule has 2 heterocycles. The number of hydrogen-bond donors (Lipinski definition) is 4. The Hall–Kier alpha value is -5.59. The van der Waals surface area contributed by atoms with Crippen molar-refractivity contribution in [2.24, 2.45) is 5.92 Å². The van der Waals surface area contributed by atoms with Crippen LogP contribution in [0, 0.1) is 28.8 Å². The van der Waals surface area contributed by atoms with Gasteiger partial charge in [0.25, 0.3) is 17.9 Å². The Kier molecular flexibility index (Phi) is 11.1. The van der Waals surface area contributed by atoms with Gasteiger partial charge in [-0.3, -0.25) is 24.2 Å². The van der Waals surface area contributed by atoms with Crippen molar-refractivity contribution < 1.29 is 35.5 Å². The van der Waals surface area contributed by atoms with Crippen LogP contribution in [0.25, 0.3) is 27.7 Å². The molecule has 3 unspecified atom stereocenters. The third kappa shape index (κ3) is 7.58. The molecule has 20 heteroatoms. The summed E-state index contributed by atoms with van der Waals surface area (Å²) in [6.07, 6.45) is -1.99. The molecule has 2 aliphatic carbocycles. The zero-order chi connectivity index (χ0) is 43.7. The molecule has 316 valence electrons. The number of carbonyl (C=O) groups excluding carboxylic acids is 1. The van der Waals surface area contributed by atoms with Crippen LogP contribution in [0.1, 0.15) is 58.7 Å². The van der Waals surface area contributed by atoms with Crippen molar-refractivity contribution in [3.8, 4) is 16.8 Å². The van der Waals surface area contributed by atoms with Gasteiger partial charge in [0.05, 0.1) is 43.9 Å². The third-order valence-corrected chi connectivity index (χ3v) is 11.7. The summed E-state index contributed by atoms with van der Waals surface area (Å²) < 4.78 is 108. The molecule has 3 atom stereocenters. The molecule has 10 nitrogen and oxygen atoms in total. The Labute approximate surface area is 356 Å². The maximum atomic E-state index is 15.5. The molecule has 0 spiro atoms. The van der Waals surface area contributed by atoms with Crippen LogP contribution in [0.5, 0.6) is 0 Å². The zero-order valence-corrected chi connectivity index (χ0v) is 34.0. The van der Waals surface area contributed by atoms with E-state index in [-0.39, 0.29) is 67.1 Å². The number of anilines is 1. The smallest absolute Gasteiger partial charge is 0.293 e. The first-order valence-electron chi connectivity index (χ1n) is 18.4. The highest BCUT2D eigenvalue weighted by Crippen LogP contribution is 2.68. The second kappa shape index (κ2) is 16.0. The lowest BCUT2D eigenvalue weighted by molar-refractivity contribution is -0.123. The van der Waals surface area contributed by atoms with Gasteiger partial charge in [-0.15, -0.1) is 0 Å². The first-order valence-corrected chi connectivity index (χ1v) is 20.4. The maximum absolute atomic E-state index is 15.5. The van der Waals surface area contributed by atoms with Crippen molar-refractivity contribution >= 4 is 63.5 Å². The number of aromatic nitrogens is 4. The van der Waals surface area contributed by atoms with E-state index in [4.69, 9.17) is 33.6 Å². The summed E-state index contributed by atoms with van der Waals surface area (Å²) in [5, 5.41) is 18.1. The van der Waals surface area contributed by atoms with Crippen molar-refractivity contribution in [2.75, 3.05) is 18.6 Å². The van der Waals surface area contributed by atoms with Crippen LogP contribution in [0.3, 0.4) is 0 Å². The molecule has 4 aromatic carbocycles. The number of amidine groups is 1. The van der Waals surface area contributed by atoms with Crippen molar-refractivity contribution in [3.63, 3.8) is 0 Å².